The molecule has 0 aliphatic carbocycles. The lowest BCUT2D eigenvalue weighted by molar-refractivity contribution is -0.384. The summed E-state index contributed by atoms with van der Waals surface area (Å²) < 4.78 is 26.1. The maximum absolute atomic E-state index is 13.7. The number of hydrogen-bond donors (Lipinski definition) is 1. The monoisotopic (exact) mass is 518 g/mol. The summed E-state index contributed by atoms with van der Waals surface area (Å²) in [6, 6.07) is 11.6. The van der Waals surface area contributed by atoms with E-state index in [4.69, 9.17) is 0 Å². The highest BCUT2D eigenvalue weighted by Crippen LogP contribution is 2.24. The van der Waals surface area contributed by atoms with Crippen LogP contribution in [0.3, 0.4) is 0 Å². The summed E-state index contributed by atoms with van der Waals surface area (Å²) >= 11 is 0. The number of nitrogens with zero attached hydrogens (tertiary/aromatic N) is 3. The van der Waals surface area contributed by atoms with Crippen molar-refractivity contribution >= 4 is 33.2 Å². The van der Waals surface area contributed by atoms with Gasteiger partial charge in [0.2, 0.25) is 21.8 Å². The van der Waals surface area contributed by atoms with Crippen LogP contribution in [0.4, 0.5) is 11.4 Å². The molecule has 0 fully saturated rings. The number of amides is 2. The first-order valence-electron chi connectivity index (χ1n) is 11.8. The first-order valence-corrected chi connectivity index (χ1v) is 13.6. The van der Waals surface area contributed by atoms with E-state index in [0.29, 0.717) is 12.8 Å². The topological polar surface area (TPSA) is 130 Å². The molecular weight excluding hydrogens is 484 g/mol. The van der Waals surface area contributed by atoms with Crippen molar-refractivity contribution in [2.45, 2.75) is 59.2 Å². The van der Waals surface area contributed by atoms with Crippen molar-refractivity contribution in [1.29, 1.82) is 0 Å². The molecule has 0 aromatic heterocycles. The van der Waals surface area contributed by atoms with Gasteiger partial charge < -0.3 is 10.2 Å². The van der Waals surface area contributed by atoms with Crippen LogP contribution in [0.25, 0.3) is 0 Å². The first kappa shape index (κ1) is 28.8. The van der Waals surface area contributed by atoms with Crippen molar-refractivity contribution in [2.75, 3.05) is 17.1 Å². The maximum Gasteiger partial charge on any atom is 0.271 e. The van der Waals surface area contributed by atoms with Crippen LogP contribution in [0.5, 0.6) is 0 Å². The molecular formula is C25H34N4O6S. The predicted octanol–water partition coefficient (Wildman–Crippen LogP) is 3.39. The molecule has 36 heavy (non-hydrogen) atoms. The second kappa shape index (κ2) is 12.5. The van der Waals surface area contributed by atoms with E-state index in [1.54, 1.807) is 6.92 Å². The number of aryl methyl sites for hydroxylation is 1. The minimum absolute atomic E-state index is 0.00648. The smallest absolute Gasteiger partial charge is 0.271 e. The highest BCUT2D eigenvalue weighted by atomic mass is 32.2. The molecule has 2 aromatic carbocycles. The Morgan fingerprint density at radius 3 is 2.31 bits per heavy atom. The number of nitrogens with one attached hydrogen (secondary N) is 1. The van der Waals surface area contributed by atoms with Gasteiger partial charge in [-0.1, -0.05) is 44.2 Å². The Hall–Kier alpha value is -3.47. The lowest BCUT2D eigenvalue weighted by Gasteiger charge is -2.33. The number of non-ortho nitro benzene ring substituents is 1. The predicted molar refractivity (Wildman–Crippen MR) is 139 cm³/mol. The van der Waals surface area contributed by atoms with Gasteiger partial charge >= 0.3 is 0 Å². The van der Waals surface area contributed by atoms with Gasteiger partial charge in [-0.15, -0.1) is 0 Å². The number of nitro groups is 1. The van der Waals surface area contributed by atoms with Crippen LogP contribution in [-0.4, -0.2) is 54.9 Å². The Labute approximate surface area is 212 Å². The highest BCUT2D eigenvalue weighted by molar-refractivity contribution is 7.92. The Kier molecular flexibility index (Phi) is 9.97. The first-order chi connectivity index (χ1) is 16.9. The third kappa shape index (κ3) is 7.51. The standard InChI is InChI=1S/C25H34N4O6S/c1-6-19(4)26-25(31)23(7-2)27(16-20-12-9-8-11-18(20)3)24(30)17-28(36(5,34)35)21-13-10-14-22(15-21)29(32)33/h8-15,19,23H,6-7,16-17H2,1-5H3,(H,26,31)/t19-,23-/m1/s1. The van der Waals surface area contributed by atoms with Crippen LogP contribution in [0.2, 0.25) is 0 Å². The van der Waals surface area contributed by atoms with E-state index < -0.39 is 33.4 Å². The average molecular weight is 519 g/mol. The molecule has 0 saturated heterocycles. The molecule has 0 spiro atoms. The molecule has 10 nitrogen and oxygen atoms in total. The lowest BCUT2D eigenvalue weighted by Crippen LogP contribution is -2.53. The molecule has 2 aromatic rings. The van der Waals surface area contributed by atoms with Gasteiger partial charge in [-0.05, 0) is 43.9 Å². The normalized spacial score (nSPS) is 12.9. The Morgan fingerprint density at radius 1 is 1.08 bits per heavy atom. The molecule has 0 aliphatic heterocycles. The zero-order valence-corrected chi connectivity index (χ0v) is 22.1. The summed E-state index contributed by atoms with van der Waals surface area (Å²) in [5, 5.41) is 14.1. The largest absolute Gasteiger partial charge is 0.352 e. The third-order valence-corrected chi connectivity index (χ3v) is 7.14. The highest BCUT2D eigenvalue weighted by Gasteiger charge is 2.32. The SMILES string of the molecule is CC[C@@H](C)NC(=O)[C@@H](CC)N(Cc1ccccc1C)C(=O)CN(c1cccc([N+](=O)[O-])c1)S(C)(=O)=O. The molecule has 2 atom stereocenters. The second-order valence-electron chi connectivity index (χ2n) is 8.74. The van der Waals surface area contributed by atoms with Crippen molar-refractivity contribution in [2.24, 2.45) is 0 Å². The molecule has 2 rings (SSSR count). The Morgan fingerprint density at radius 2 is 1.75 bits per heavy atom. The van der Waals surface area contributed by atoms with E-state index in [0.717, 1.165) is 27.8 Å². The second-order valence-corrected chi connectivity index (χ2v) is 10.6. The van der Waals surface area contributed by atoms with E-state index in [2.05, 4.69) is 5.32 Å². The summed E-state index contributed by atoms with van der Waals surface area (Å²) in [6.45, 7) is 6.97. The Balaban J connectivity index is 2.49. The molecule has 0 bridgehead atoms. The average Bonchev–Trinajstić information content (AvgIpc) is 2.82. The molecule has 1 N–H and O–H groups in total. The zero-order chi connectivity index (χ0) is 27.0. The summed E-state index contributed by atoms with van der Waals surface area (Å²) in [5.74, 6) is -0.920. The van der Waals surface area contributed by atoms with Crippen molar-refractivity contribution < 1.29 is 22.9 Å². The molecule has 11 heteroatoms. The fourth-order valence-electron chi connectivity index (χ4n) is 3.71. The van der Waals surface area contributed by atoms with E-state index >= 15 is 0 Å². The van der Waals surface area contributed by atoms with E-state index in [-0.39, 0.29) is 29.9 Å². The summed E-state index contributed by atoms with van der Waals surface area (Å²) in [5.41, 5.74) is 1.44. The van der Waals surface area contributed by atoms with E-state index in [1.807, 2.05) is 45.0 Å². The van der Waals surface area contributed by atoms with Crippen LogP contribution in [0.15, 0.2) is 48.5 Å². The van der Waals surface area contributed by atoms with Gasteiger partial charge in [0, 0.05) is 24.7 Å². The van der Waals surface area contributed by atoms with Crippen molar-refractivity contribution in [3.05, 3.63) is 69.8 Å². The molecule has 0 saturated carbocycles. The molecule has 0 heterocycles. The van der Waals surface area contributed by atoms with Gasteiger partial charge in [0.05, 0.1) is 16.9 Å². The Bertz CT molecular complexity index is 1200. The lowest BCUT2D eigenvalue weighted by atomic mass is 10.1. The van der Waals surface area contributed by atoms with Crippen molar-refractivity contribution in [1.82, 2.24) is 10.2 Å². The van der Waals surface area contributed by atoms with Crippen molar-refractivity contribution in [3.8, 4) is 0 Å². The fourth-order valence-corrected chi connectivity index (χ4v) is 4.55. The number of nitro benzene ring substituents is 1. The van der Waals surface area contributed by atoms with E-state index in [1.165, 1.54) is 23.1 Å². The minimum Gasteiger partial charge on any atom is -0.352 e. The number of sulfonamides is 1. The van der Waals surface area contributed by atoms with Gasteiger partial charge in [-0.25, -0.2) is 8.42 Å². The number of hydrogen-bond acceptors (Lipinski definition) is 6. The number of anilines is 1. The summed E-state index contributed by atoms with van der Waals surface area (Å²) in [7, 11) is -3.98. The zero-order valence-electron chi connectivity index (χ0n) is 21.3. The minimum atomic E-state index is -3.98. The number of carbonyl (C=O) groups is 2. The van der Waals surface area contributed by atoms with Gasteiger partial charge in [-0.3, -0.25) is 24.0 Å². The van der Waals surface area contributed by atoms with Gasteiger partial charge in [0.15, 0.2) is 0 Å². The van der Waals surface area contributed by atoms with Gasteiger partial charge in [0.25, 0.3) is 5.69 Å². The number of carbonyl (C=O) groups excluding carboxylic acids is 2. The van der Waals surface area contributed by atoms with Crippen molar-refractivity contribution in [3.63, 3.8) is 0 Å². The third-order valence-electron chi connectivity index (χ3n) is 6.00. The summed E-state index contributed by atoms with van der Waals surface area (Å²) in [6.07, 6.45) is 1.95. The molecule has 2 amide bonds. The number of rotatable bonds is 12. The molecule has 0 unspecified atom stereocenters. The van der Waals surface area contributed by atoms with Gasteiger partial charge in [-0.2, -0.15) is 0 Å². The maximum atomic E-state index is 13.7. The summed E-state index contributed by atoms with van der Waals surface area (Å²) in [4.78, 5) is 38.8. The van der Waals surface area contributed by atoms with Crippen LogP contribution in [0, 0.1) is 17.0 Å². The molecule has 0 radical (unpaired) electrons. The fraction of sp³-hybridized carbons (Fsp3) is 0.440. The van der Waals surface area contributed by atoms with Crippen LogP contribution in [0.1, 0.15) is 44.7 Å². The van der Waals surface area contributed by atoms with E-state index in [9.17, 15) is 28.1 Å². The molecule has 0 aliphatic rings. The quantitative estimate of drug-likeness (QED) is 0.339. The van der Waals surface area contributed by atoms with Gasteiger partial charge in [0.1, 0.15) is 12.6 Å². The van der Waals surface area contributed by atoms with Crippen LogP contribution in [-0.2, 0) is 26.2 Å². The van der Waals surface area contributed by atoms with Crippen LogP contribution < -0.4 is 9.62 Å². The number of benzene rings is 2. The molecule has 196 valence electrons. The van der Waals surface area contributed by atoms with Crippen LogP contribution >= 0.6 is 0 Å².